The molecular formula is C10H15BrN2S. The van der Waals surface area contributed by atoms with Crippen molar-refractivity contribution in [3.63, 3.8) is 0 Å². The van der Waals surface area contributed by atoms with Gasteiger partial charge in [0.15, 0.2) is 0 Å². The lowest BCUT2D eigenvalue weighted by molar-refractivity contribution is 0.166. The molecule has 1 aliphatic rings. The van der Waals surface area contributed by atoms with Crippen LogP contribution in [-0.4, -0.2) is 30.6 Å². The van der Waals surface area contributed by atoms with E-state index in [0.29, 0.717) is 6.04 Å². The first-order chi connectivity index (χ1) is 6.75. The van der Waals surface area contributed by atoms with Crippen LogP contribution in [0, 0.1) is 0 Å². The van der Waals surface area contributed by atoms with E-state index in [4.69, 9.17) is 0 Å². The molecule has 1 aromatic rings. The lowest BCUT2D eigenvalue weighted by Crippen LogP contribution is -2.49. The molecule has 0 aromatic carbocycles. The van der Waals surface area contributed by atoms with Gasteiger partial charge in [-0.05, 0) is 39.9 Å². The summed E-state index contributed by atoms with van der Waals surface area (Å²) in [6.07, 6.45) is 0. The van der Waals surface area contributed by atoms with Crippen LogP contribution < -0.4 is 5.32 Å². The average molecular weight is 275 g/mol. The third-order valence-corrected chi connectivity index (χ3v) is 4.20. The minimum absolute atomic E-state index is 0.655. The molecule has 0 radical (unpaired) electrons. The van der Waals surface area contributed by atoms with E-state index in [9.17, 15) is 0 Å². The van der Waals surface area contributed by atoms with Gasteiger partial charge in [0.25, 0.3) is 0 Å². The van der Waals surface area contributed by atoms with E-state index in [1.54, 1.807) is 11.3 Å². The quantitative estimate of drug-likeness (QED) is 0.891. The summed E-state index contributed by atoms with van der Waals surface area (Å²) in [5, 5.41) is 5.64. The Hall–Kier alpha value is 0.100. The van der Waals surface area contributed by atoms with Gasteiger partial charge in [0, 0.05) is 32.2 Å². The van der Waals surface area contributed by atoms with Gasteiger partial charge in [-0.2, -0.15) is 0 Å². The molecule has 2 nitrogen and oxygen atoms in total. The highest BCUT2D eigenvalue weighted by Gasteiger charge is 2.17. The maximum absolute atomic E-state index is 3.50. The summed E-state index contributed by atoms with van der Waals surface area (Å²) in [6, 6.07) is 2.88. The third kappa shape index (κ3) is 2.57. The minimum atomic E-state index is 0.655. The number of thiophene rings is 1. The summed E-state index contributed by atoms with van der Waals surface area (Å²) in [7, 11) is 0. The van der Waals surface area contributed by atoms with E-state index in [1.165, 1.54) is 9.35 Å². The Labute approximate surface area is 97.4 Å². The van der Waals surface area contributed by atoms with Gasteiger partial charge >= 0.3 is 0 Å². The number of hydrogen-bond donors (Lipinski definition) is 1. The van der Waals surface area contributed by atoms with Gasteiger partial charge in [-0.25, -0.2) is 0 Å². The highest BCUT2D eigenvalue weighted by Crippen LogP contribution is 2.22. The van der Waals surface area contributed by atoms with Crippen molar-refractivity contribution >= 4 is 27.3 Å². The zero-order valence-electron chi connectivity index (χ0n) is 8.29. The SMILES string of the molecule is C[C@@H]1CNCCN1Cc1csc(Br)c1. The highest BCUT2D eigenvalue weighted by atomic mass is 79.9. The fourth-order valence-electron chi connectivity index (χ4n) is 1.78. The molecule has 1 aliphatic heterocycles. The number of nitrogens with zero attached hydrogens (tertiary/aromatic N) is 1. The largest absolute Gasteiger partial charge is 0.314 e. The maximum Gasteiger partial charge on any atom is 0.0701 e. The molecule has 4 heteroatoms. The Morgan fingerprint density at radius 1 is 1.71 bits per heavy atom. The zero-order chi connectivity index (χ0) is 9.97. The van der Waals surface area contributed by atoms with Gasteiger partial charge in [0.1, 0.15) is 0 Å². The topological polar surface area (TPSA) is 15.3 Å². The van der Waals surface area contributed by atoms with Gasteiger partial charge in [0.2, 0.25) is 0 Å². The lowest BCUT2D eigenvalue weighted by atomic mass is 10.2. The monoisotopic (exact) mass is 274 g/mol. The summed E-state index contributed by atoms with van der Waals surface area (Å²) in [5.74, 6) is 0. The highest BCUT2D eigenvalue weighted by molar-refractivity contribution is 9.11. The van der Waals surface area contributed by atoms with E-state index >= 15 is 0 Å². The number of piperazine rings is 1. The molecule has 1 fully saturated rings. The van der Waals surface area contributed by atoms with Crippen molar-refractivity contribution in [2.75, 3.05) is 19.6 Å². The summed E-state index contributed by atoms with van der Waals surface area (Å²) in [5.41, 5.74) is 1.43. The minimum Gasteiger partial charge on any atom is -0.314 e. The van der Waals surface area contributed by atoms with Gasteiger partial charge in [-0.15, -0.1) is 11.3 Å². The van der Waals surface area contributed by atoms with Gasteiger partial charge in [-0.1, -0.05) is 0 Å². The van der Waals surface area contributed by atoms with Crippen LogP contribution >= 0.6 is 27.3 Å². The second kappa shape index (κ2) is 4.75. The van der Waals surface area contributed by atoms with E-state index in [-0.39, 0.29) is 0 Å². The van der Waals surface area contributed by atoms with E-state index < -0.39 is 0 Å². The van der Waals surface area contributed by atoms with E-state index in [2.05, 4.69) is 44.5 Å². The molecule has 0 spiro atoms. The van der Waals surface area contributed by atoms with Crippen LogP contribution in [0.15, 0.2) is 15.2 Å². The van der Waals surface area contributed by atoms with Crippen LogP contribution in [0.25, 0.3) is 0 Å². The summed E-state index contributed by atoms with van der Waals surface area (Å²) in [4.78, 5) is 2.53. The molecular weight excluding hydrogens is 260 g/mol. The Kier molecular flexibility index (Phi) is 3.60. The molecule has 78 valence electrons. The van der Waals surface area contributed by atoms with Gasteiger partial charge in [0.05, 0.1) is 3.79 Å². The van der Waals surface area contributed by atoms with Crippen LogP contribution in [0.2, 0.25) is 0 Å². The number of hydrogen-bond acceptors (Lipinski definition) is 3. The van der Waals surface area contributed by atoms with Crippen LogP contribution in [0.5, 0.6) is 0 Å². The average Bonchev–Trinajstić information content (AvgIpc) is 2.56. The van der Waals surface area contributed by atoms with Gasteiger partial charge in [-0.3, -0.25) is 4.90 Å². The molecule has 1 aromatic heterocycles. The van der Waals surface area contributed by atoms with Crippen LogP contribution in [0.1, 0.15) is 12.5 Å². The number of rotatable bonds is 2. The number of halogens is 1. The molecule has 1 saturated heterocycles. The van der Waals surface area contributed by atoms with E-state index in [0.717, 1.165) is 26.2 Å². The molecule has 1 atom stereocenters. The van der Waals surface area contributed by atoms with Crippen molar-refractivity contribution in [1.29, 1.82) is 0 Å². The third-order valence-electron chi connectivity index (χ3n) is 2.65. The zero-order valence-corrected chi connectivity index (χ0v) is 10.7. The second-order valence-corrected chi connectivity index (χ2v) is 6.07. The van der Waals surface area contributed by atoms with Crippen molar-refractivity contribution in [3.8, 4) is 0 Å². The molecule has 0 saturated carbocycles. The molecule has 1 N–H and O–H groups in total. The summed E-state index contributed by atoms with van der Waals surface area (Å²) in [6.45, 7) is 6.77. The molecule has 2 rings (SSSR count). The first-order valence-electron chi connectivity index (χ1n) is 4.93. The Balaban J connectivity index is 1.95. The molecule has 0 unspecified atom stereocenters. The first-order valence-corrected chi connectivity index (χ1v) is 6.60. The molecule has 14 heavy (non-hydrogen) atoms. The van der Waals surface area contributed by atoms with Crippen molar-refractivity contribution in [2.45, 2.75) is 19.5 Å². The Bertz CT molecular complexity index is 300. The maximum atomic E-state index is 3.50. The lowest BCUT2D eigenvalue weighted by Gasteiger charge is -2.33. The fraction of sp³-hybridized carbons (Fsp3) is 0.600. The van der Waals surface area contributed by atoms with Crippen molar-refractivity contribution in [1.82, 2.24) is 10.2 Å². The molecule has 0 bridgehead atoms. The van der Waals surface area contributed by atoms with Gasteiger partial charge < -0.3 is 5.32 Å². The standard InChI is InChI=1S/C10H15BrN2S/c1-8-5-12-2-3-13(8)6-9-4-10(11)14-7-9/h4,7-8,12H,2-3,5-6H2,1H3/t8-/m1/s1. The van der Waals surface area contributed by atoms with E-state index in [1.807, 2.05) is 0 Å². The van der Waals surface area contributed by atoms with Crippen molar-refractivity contribution < 1.29 is 0 Å². The summed E-state index contributed by atoms with van der Waals surface area (Å²) < 4.78 is 1.23. The van der Waals surface area contributed by atoms with Crippen LogP contribution in [-0.2, 0) is 6.54 Å². The fourth-order valence-corrected chi connectivity index (χ4v) is 2.98. The molecule has 0 aliphatic carbocycles. The van der Waals surface area contributed by atoms with Crippen molar-refractivity contribution in [2.24, 2.45) is 0 Å². The smallest absolute Gasteiger partial charge is 0.0701 e. The van der Waals surface area contributed by atoms with Crippen LogP contribution in [0.4, 0.5) is 0 Å². The summed E-state index contributed by atoms with van der Waals surface area (Å²) >= 11 is 5.27. The predicted molar refractivity (Wildman–Crippen MR) is 64.8 cm³/mol. The van der Waals surface area contributed by atoms with Crippen molar-refractivity contribution in [3.05, 3.63) is 20.8 Å². The molecule has 0 amide bonds. The number of nitrogens with one attached hydrogen (secondary N) is 1. The molecule has 2 heterocycles. The second-order valence-electron chi connectivity index (χ2n) is 3.78. The van der Waals surface area contributed by atoms with Crippen LogP contribution in [0.3, 0.4) is 0 Å². The predicted octanol–water partition coefficient (Wildman–Crippen LogP) is 2.30. The first kappa shape index (κ1) is 10.6. The Morgan fingerprint density at radius 3 is 3.21 bits per heavy atom. The normalized spacial score (nSPS) is 24.0. The Morgan fingerprint density at radius 2 is 2.57 bits per heavy atom.